The van der Waals surface area contributed by atoms with Crippen molar-refractivity contribution in [1.82, 2.24) is 34.9 Å². The Morgan fingerprint density at radius 3 is 2.57 bits per heavy atom. The van der Waals surface area contributed by atoms with Crippen LogP contribution in [0.15, 0.2) is 24.4 Å². The summed E-state index contributed by atoms with van der Waals surface area (Å²) in [5, 5.41) is 15.6. The fourth-order valence-corrected chi connectivity index (χ4v) is 7.63. The molecule has 1 N–H and O–H groups in total. The molecule has 4 bridgehead atoms. The molecule has 0 radical (unpaired) electrons. The minimum Gasteiger partial charge on any atom is -0.378 e. The summed E-state index contributed by atoms with van der Waals surface area (Å²) in [6.07, 6.45) is 10.0. The molecule has 4 aliphatic carbocycles. The summed E-state index contributed by atoms with van der Waals surface area (Å²) >= 11 is 0. The van der Waals surface area contributed by atoms with Gasteiger partial charge in [0, 0.05) is 25.8 Å². The van der Waals surface area contributed by atoms with Crippen LogP contribution in [-0.4, -0.2) is 68.3 Å². The number of nitrogens with zero attached hydrogens (tertiary/aromatic N) is 7. The van der Waals surface area contributed by atoms with Crippen LogP contribution in [0.25, 0.3) is 5.65 Å². The van der Waals surface area contributed by atoms with Gasteiger partial charge >= 0.3 is 0 Å². The van der Waals surface area contributed by atoms with Gasteiger partial charge in [0.05, 0.1) is 25.5 Å². The molecule has 8 rings (SSSR count). The summed E-state index contributed by atoms with van der Waals surface area (Å²) < 4.78 is 9.10. The van der Waals surface area contributed by atoms with Crippen LogP contribution in [0.3, 0.4) is 0 Å². The van der Waals surface area contributed by atoms with Gasteiger partial charge in [-0.2, -0.15) is 0 Å². The second kappa shape index (κ2) is 8.29. The van der Waals surface area contributed by atoms with Crippen LogP contribution in [0.2, 0.25) is 0 Å². The van der Waals surface area contributed by atoms with Crippen LogP contribution in [0, 0.1) is 23.2 Å². The molecule has 3 aromatic rings. The minimum atomic E-state index is -0.0216. The lowest BCUT2D eigenvalue weighted by molar-refractivity contribution is -0.0503. The van der Waals surface area contributed by atoms with Gasteiger partial charge in [0.1, 0.15) is 11.3 Å². The van der Waals surface area contributed by atoms with Crippen molar-refractivity contribution < 1.29 is 9.53 Å². The molecular weight excluding hydrogens is 444 g/mol. The Bertz CT molecular complexity index is 1210. The number of rotatable bonds is 6. The fourth-order valence-electron chi connectivity index (χ4n) is 7.63. The molecule has 5 fully saturated rings. The number of carbonyl (C=O) groups excluding carboxylic acids is 1. The second-order valence-corrected chi connectivity index (χ2v) is 11.2. The summed E-state index contributed by atoms with van der Waals surface area (Å²) in [5.41, 5.74) is 2.50. The molecule has 5 aliphatic rings. The average molecular weight is 477 g/mol. The molecule has 4 heterocycles. The zero-order valence-corrected chi connectivity index (χ0v) is 20.0. The SMILES string of the molecule is O=C(NCC12CC3CC(CC(C3)C1)C2)c1cccc2nc(Cn3nnnc3N3CCOCC3)cn12. The number of tetrazole rings is 1. The van der Waals surface area contributed by atoms with Crippen molar-refractivity contribution in [3.05, 3.63) is 35.8 Å². The quantitative estimate of drug-likeness (QED) is 0.582. The number of amides is 1. The molecule has 10 nitrogen and oxygen atoms in total. The monoisotopic (exact) mass is 476 g/mol. The predicted molar refractivity (Wildman–Crippen MR) is 128 cm³/mol. The van der Waals surface area contributed by atoms with Gasteiger partial charge in [-0.15, -0.1) is 0 Å². The van der Waals surface area contributed by atoms with E-state index in [1.54, 1.807) is 4.68 Å². The van der Waals surface area contributed by atoms with Crippen LogP contribution >= 0.6 is 0 Å². The van der Waals surface area contributed by atoms with E-state index in [0.717, 1.165) is 54.7 Å². The summed E-state index contributed by atoms with van der Waals surface area (Å²) in [6.45, 7) is 4.10. The molecule has 1 aliphatic heterocycles. The number of hydrogen-bond acceptors (Lipinski definition) is 7. The Labute approximate surface area is 204 Å². The first-order valence-electron chi connectivity index (χ1n) is 13.0. The number of hydrogen-bond donors (Lipinski definition) is 1. The number of nitrogens with one attached hydrogen (secondary N) is 1. The highest BCUT2D eigenvalue weighted by atomic mass is 16.5. The Hall–Kier alpha value is -3.01. The van der Waals surface area contributed by atoms with Gasteiger partial charge in [0.2, 0.25) is 5.95 Å². The van der Waals surface area contributed by atoms with E-state index in [9.17, 15) is 4.79 Å². The highest BCUT2D eigenvalue weighted by Crippen LogP contribution is 2.59. The molecule has 0 atom stereocenters. The minimum absolute atomic E-state index is 0.0216. The van der Waals surface area contributed by atoms with E-state index in [0.29, 0.717) is 30.9 Å². The molecule has 1 saturated heterocycles. The molecule has 0 aromatic carbocycles. The predicted octanol–water partition coefficient (Wildman–Crippen LogP) is 2.15. The molecular formula is C25H32N8O2. The molecule has 184 valence electrons. The lowest BCUT2D eigenvalue weighted by Crippen LogP contribution is -2.51. The molecule has 0 spiro atoms. The van der Waals surface area contributed by atoms with Gasteiger partial charge in [0.25, 0.3) is 5.91 Å². The van der Waals surface area contributed by atoms with Crippen molar-refractivity contribution >= 4 is 17.5 Å². The van der Waals surface area contributed by atoms with E-state index in [2.05, 4.69) is 25.7 Å². The third-order valence-corrected chi connectivity index (χ3v) is 8.68. The van der Waals surface area contributed by atoms with Crippen LogP contribution in [-0.2, 0) is 11.3 Å². The van der Waals surface area contributed by atoms with Gasteiger partial charge < -0.3 is 15.0 Å². The largest absolute Gasteiger partial charge is 0.378 e. The van der Waals surface area contributed by atoms with E-state index in [4.69, 9.17) is 9.72 Å². The van der Waals surface area contributed by atoms with E-state index < -0.39 is 0 Å². The number of pyridine rings is 1. The standard InChI is InChI=1S/C25H32N8O2/c34-23(26-16-25-11-17-8-18(12-25)10-19(9-17)13-25)21-2-1-3-22-27-20(14-32(21)22)15-33-24(28-29-30-33)31-4-6-35-7-5-31/h1-3,14,17-19H,4-13,15-16H2,(H,26,34). The Morgan fingerprint density at radius 2 is 1.83 bits per heavy atom. The number of fused-ring (bicyclic) bond motifs is 1. The molecule has 35 heavy (non-hydrogen) atoms. The molecule has 3 aromatic heterocycles. The van der Waals surface area contributed by atoms with Crippen molar-refractivity contribution in [2.24, 2.45) is 23.2 Å². The number of ether oxygens (including phenoxy) is 1. The lowest BCUT2D eigenvalue weighted by atomic mass is 9.49. The van der Waals surface area contributed by atoms with E-state index >= 15 is 0 Å². The van der Waals surface area contributed by atoms with E-state index in [-0.39, 0.29) is 5.91 Å². The van der Waals surface area contributed by atoms with Crippen LogP contribution in [0.4, 0.5) is 5.95 Å². The Morgan fingerprint density at radius 1 is 1.09 bits per heavy atom. The van der Waals surface area contributed by atoms with Crippen LogP contribution < -0.4 is 10.2 Å². The van der Waals surface area contributed by atoms with Gasteiger partial charge in [0.15, 0.2) is 0 Å². The third-order valence-electron chi connectivity index (χ3n) is 8.68. The number of carbonyl (C=O) groups is 1. The lowest BCUT2D eigenvalue weighted by Gasteiger charge is -2.56. The first-order chi connectivity index (χ1) is 17.1. The first-order valence-corrected chi connectivity index (χ1v) is 13.0. The van der Waals surface area contributed by atoms with Crippen molar-refractivity contribution in [3.8, 4) is 0 Å². The summed E-state index contributed by atoms with van der Waals surface area (Å²) in [4.78, 5) is 20.2. The summed E-state index contributed by atoms with van der Waals surface area (Å²) in [5.74, 6) is 3.34. The summed E-state index contributed by atoms with van der Waals surface area (Å²) in [6, 6.07) is 5.72. The average Bonchev–Trinajstić information content (AvgIpc) is 3.49. The second-order valence-electron chi connectivity index (χ2n) is 11.2. The van der Waals surface area contributed by atoms with E-state index in [1.165, 1.54) is 38.5 Å². The van der Waals surface area contributed by atoms with Crippen molar-refractivity contribution in [2.45, 2.75) is 45.1 Å². The van der Waals surface area contributed by atoms with Crippen LogP contribution in [0.1, 0.15) is 54.7 Å². The fraction of sp³-hybridized carbons (Fsp3) is 0.640. The van der Waals surface area contributed by atoms with Crippen molar-refractivity contribution in [2.75, 3.05) is 37.7 Å². The van der Waals surface area contributed by atoms with Crippen LogP contribution in [0.5, 0.6) is 0 Å². The normalized spacial score (nSPS) is 29.7. The van der Waals surface area contributed by atoms with Crippen molar-refractivity contribution in [3.63, 3.8) is 0 Å². The maximum Gasteiger partial charge on any atom is 0.268 e. The topological polar surface area (TPSA) is 102 Å². The van der Waals surface area contributed by atoms with Gasteiger partial charge in [-0.3, -0.25) is 9.20 Å². The molecule has 4 saturated carbocycles. The number of imidazole rings is 1. The Balaban J connectivity index is 1.08. The Kier molecular flexibility index (Phi) is 5.04. The third kappa shape index (κ3) is 3.87. The zero-order valence-electron chi connectivity index (χ0n) is 20.0. The molecule has 1 amide bonds. The maximum absolute atomic E-state index is 13.3. The van der Waals surface area contributed by atoms with Gasteiger partial charge in [-0.05, 0) is 84.3 Å². The van der Waals surface area contributed by atoms with Gasteiger partial charge in [-0.25, -0.2) is 9.67 Å². The van der Waals surface area contributed by atoms with E-state index in [1.807, 2.05) is 28.8 Å². The van der Waals surface area contributed by atoms with Gasteiger partial charge in [-0.1, -0.05) is 11.2 Å². The number of aromatic nitrogens is 6. The number of anilines is 1. The van der Waals surface area contributed by atoms with Crippen molar-refractivity contribution in [1.29, 1.82) is 0 Å². The first kappa shape index (κ1) is 21.3. The summed E-state index contributed by atoms with van der Waals surface area (Å²) in [7, 11) is 0. The zero-order chi connectivity index (χ0) is 23.4. The molecule has 10 heteroatoms. The molecule has 0 unspecified atom stereocenters. The highest BCUT2D eigenvalue weighted by molar-refractivity contribution is 5.93. The number of morpholine rings is 1. The maximum atomic E-state index is 13.3. The highest BCUT2D eigenvalue weighted by Gasteiger charge is 2.50. The smallest absolute Gasteiger partial charge is 0.268 e.